The van der Waals surface area contributed by atoms with E-state index in [9.17, 15) is 34.4 Å². The summed E-state index contributed by atoms with van der Waals surface area (Å²) in [6.45, 7) is 3.88. The Kier molecular flexibility index (Phi) is 29.4. The van der Waals surface area contributed by atoms with Gasteiger partial charge in [0.15, 0.2) is 6.10 Å². The van der Waals surface area contributed by atoms with Crippen molar-refractivity contribution in [3.8, 4) is 0 Å². The van der Waals surface area contributed by atoms with E-state index < -0.39 is 50.8 Å². The number of nitrogens with zero attached hydrogens (tertiary/aromatic N) is 1. The minimum atomic E-state index is -4.46. The SMILES string of the molecule is CCCCC/C=C\C/C=C\CCCCCCCC(=O)O[C@H](COC(=O)C/C=C\C[C@H]1[C@@H](/C=C/[C@H](O)CCCCC)[C@H](O)C[C@@H]1O)COP(=O)(O)OCC[N+](C)(C)C. The van der Waals surface area contributed by atoms with Crippen molar-refractivity contribution >= 4 is 19.8 Å². The van der Waals surface area contributed by atoms with Gasteiger partial charge in [0.05, 0.1) is 52.5 Å². The van der Waals surface area contributed by atoms with E-state index in [1.165, 1.54) is 19.3 Å². The lowest BCUT2D eigenvalue weighted by Crippen LogP contribution is -2.37. The van der Waals surface area contributed by atoms with Gasteiger partial charge in [0.1, 0.15) is 19.8 Å². The lowest BCUT2D eigenvalue weighted by atomic mass is 9.89. The number of unbranched alkanes of at least 4 members (excludes halogenated alkanes) is 10. The Balaban J connectivity index is 2.58. The van der Waals surface area contributed by atoms with E-state index in [1.807, 2.05) is 21.1 Å². The number of carbonyl (C=O) groups excluding carboxylic acids is 2. The number of hydrogen-bond donors (Lipinski definition) is 4. The van der Waals surface area contributed by atoms with Gasteiger partial charge in [-0.2, -0.15) is 0 Å². The number of carbonyl (C=O) groups is 2. The minimum absolute atomic E-state index is 0.0231. The quantitative estimate of drug-likeness (QED) is 0.0162. The number of aliphatic hydroxyl groups excluding tert-OH is 3. The number of allylic oxidation sites excluding steroid dienone is 5. The van der Waals surface area contributed by atoms with Crippen LogP contribution in [0.5, 0.6) is 0 Å². The largest absolute Gasteiger partial charge is 0.472 e. The number of rotatable bonds is 34. The Morgan fingerprint density at radius 3 is 2.12 bits per heavy atom. The van der Waals surface area contributed by atoms with Gasteiger partial charge in [-0.15, -0.1) is 0 Å². The molecule has 0 heterocycles. The first kappa shape index (κ1) is 52.9. The van der Waals surface area contributed by atoms with Gasteiger partial charge >= 0.3 is 19.8 Å². The van der Waals surface area contributed by atoms with Gasteiger partial charge < -0.3 is 34.2 Å². The van der Waals surface area contributed by atoms with E-state index >= 15 is 0 Å². The summed E-state index contributed by atoms with van der Waals surface area (Å²) in [4.78, 5) is 35.6. The average Bonchev–Trinajstić information content (AvgIpc) is 3.42. The molecule has 1 aliphatic rings. The third-order valence-corrected chi connectivity index (χ3v) is 10.9. The van der Waals surface area contributed by atoms with Crippen molar-refractivity contribution in [3.63, 3.8) is 0 Å². The molecule has 12 nitrogen and oxygen atoms in total. The maximum Gasteiger partial charge on any atom is 0.472 e. The molecule has 0 amide bonds. The maximum absolute atomic E-state index is 12.7. The van der Waals surface area contributed by atoms with Crippen LogP contribution in [-0.2, 0) is 32.7 Å². The number of esters is 2. The third kappa shape index (κ3) is 28.8. The molecule has 0 aromatic heterocycles. The molecule has 1 rings (SSSR count). The molecular formula is C44H79NO11P+. The lowest BCUT2D eigenvalue weighted by molar-refractivity contribution is -0.870. The second-order valence-corrected chi connectivity index (χ2v) is 17.8. The first-order valence-electron chi connectivity index (χ1n) is 21.6. The van der Waals surface area contributed by atoms with E-state index in [0.717, 1.165) is 64.2 Å². The summed E-state index contributed by atoms with van der Waals surface area (Å²) in [5, 5.41) is 31.4. The molecule has 0 aliphatic heterocycles. The van der Waals surface area contributed by atoms with Gasteiger partial charge in [-0.3, -0.25) is 18.6 Å². The van der Waals surface area contributed by atoms with Crippen molar-refractivity contribution in [1.29, 1.82) is 0 Å². The van der Waals surface area contributed by atoms with Crippen LogP contribution < -0.4 is 0 Å². The Morgan fingerprint density at radius 2 is 1.44 bits per heavy atom. The number of phosphoric acid groups is 1. The van der Waals surface area contributed by atoms with Gasteiger partial charge in [-0.05, 0) is 57.3 Å². The van der Waals surface area contributed by atoms with E-state index in [0.29, 0.717) is 30.3 Å². The highest BCUT2D eigenvalue weighted by molar-refractivity contribution is 7.47. The lowest BCUT2D eigenvalue weighted by Gasteiger charge is -2.24. The number of phosphoric ester groups is 1. The van der Waals surface area contributed by atoms with Crippen LogP contribution in [0.15, 0.2) is 48.6 Å². The fourth-order valence-corrected chi connectivity index (χ4v) is 7.17. The molecule has 0 aromatic rings. The molecule has 57 heavy (non-hydrogen) atoms. The molecule has 0 saturated heterocycles. The van der Waals surface area contributed by atoms with Crippen molar-refractivity contribution in [1.82, 2.24) is 0 Å². The molecule has 4 N–H and O–H groups in total. The van der Waals surface area contributed by atoms with Gasteiger partial charge in [-0.1, -0.05) is 114 Å². The molecule has 0 aromatic carbocycles. The highest BCUT2D eigenvalue weighted by atomic mass is 31.2. The van der Waals surface area contributed by atoms with Crippen molar-refractivity contribution < 1.29 is 57.4 Å². The number of ether oxygens (including phenoxy) is 2. The normalized spacial score (nSPS) is 21.2. The summed E-state index contributed by atoms with van der Waals surface area (Å²) in [6, 6.07) is 0. The standard InChI is InChI=1S/C44H78NO11P/c1-6-8-10-11-12-13-14-15-16-17-18-19-20-21-23-29-44(50)56-38(36-55-57(51,52)54-33-32-45(3,4)5)35-53-43(49)28-25-24-27-39-40(42(48)34-41(39)47)31-30-37(46)26-22-9-7-2/h12-13,15-16,24-25,30-31,37-42,46-48H,6-11,14,17-23,26-29,32-36H2,1-5H3/p+1/b13-12-,16-15-,25-24-,31-30+/t37-,38-,39+,40-,41+,42-/m1/s1. The van der Waals surface area contributed by atoms with Gasteiger partial charge in [-0.25, -0.2) is 4.57 Å². The van der Waals surface area contributed by atoms with Crippen LogP contribution in [0.3, 0.4) is 0 Å². The second-order valence-electron chi connectivity index (χ2n) is 16.4. The second kappa shape index (κ2) is 31.7. The summed E-state index contributed by atoms with van der Waals surface area (Å²) >= 11 is 0. The predicted octanol–water partition coefficient (Wildman–Crippen LogP) is 8.29. The number of likely N-dealkylation sites (N-methyl/N-ethyl adjacent to an activating group) is 1. The van der Waals surface area contributed by atoms with Crippen molar-refractivity contribution in [3.05, 3.63) is 48.6 Å². The highest BCUT2D eigenvalue weighted by Gasteiger charge is 2.39. The molecule has 1 aliphatic carbocycles. The monoisotopic (exact) mass is 829 g/mol. The van der Waals surface area contributed by atoms with Crippen LogP contribution in [0.25, 0.3) is 0 Å². The molecule has 0 bridgehead atoms. The summed E-state index contributed by atoms with van der Waals surface area (Å²) in [5.74, 6) is -1.72. The van der Waals surface area contributed by atoms with Gasteiger partial charge in [0.25, 0.3) is 0 Å². The zero-order valence-electron chi connectivity index (χ0n) is 35.9. The van der Waals surface area contributed by atoms with Crippen LogP contribution in [-0.4, -0.2) is 109 Å². The van der Waals surface area contributed by atoms with Gasteiger partial charge in [0, 0.05) is 18.8 Å². The fourth-order valence-electron chi connectivity index (χ4n) is 6.43. The van der Waals surface area contributed by atoms with Crippen LogP contribution in [0.4, 0.5) is 0 Å². The van der Waals surface area contributed by atoms with E-state index in [4.69, 9.17) is 18.5 Å². The molecule has 0 spiro atoms. The molecule has 1 saturated carbocycles. The Labute approximate surface area is 344 Å². The molecular weight excluding hydrogens is 749 g/mol. The minimum Gasteiger partial charge on any atom is -0.461 e. The molecule has 1 unspecified atom stereocenters. The first-order valence-corrected chi connectivity index (χ1v) is 23.1. The van der Waals surface area contributed by atoms with Crippen molar-refractivity contribution in [2.45, 2.75) is 160 Å². The van der Waals surface area contributed by atoms with E-state index in [-0.39, 0.29) is 44.3 Å². The zero-order chi connectivity index (χ0) is 42.4. The van der Waals surface area contributed by atoms with Gasteiger partial charge in [0.2, 0.25) is 0 Å². The van der Waals surface area contributed by atoms with Crippen molar-refractivity contribution in [2.24, 2.45) is 11.8 Å². The van der Waals surface area contributed by atoms with Crippen LogP contribution >= 0.6 is 7.82 Å². The average molecular weight is 829 g/mol. The van der Waals surface area contributed by atoms with Crippen molar-refractivity contribution in [2.75, 3.05) is 47.5 Å². The Morgan fingerprint density at radius 1 is 0.789 bits per heavy atom. The van der Waals surface area contributed by atoms with Crippen LogP contribution in [0.1, 0.15) is 136 Å². The number of aliphatic hydroxyl groups is 3. The summed E-state index contributed by atoms with van der Waals surface area (Å²) in [5.41, 5.74) is 0. The maximum atomic E-state index is 12.7. The molecule has 7 atom stereocenters. The Bertz CT molecular complexity index is 1230. The summed E-state index contributed by atoms with van der Waals surface area (Å²) in [7, 11) is 1.29. The Hall–Kier alpha value is -2.15. The molecule has 330 valence electrons. The summed E-state index contributed by atoms with van der Waals surface area (Å²) < 4.78 is 34.2. The third-order valence-electron chi connectivity index (χ3n) is 9.93. The fraction of sp³-hybridized carbons (Fsp3) is 0.773. The van der Waals surface area contributed by atoms with Crippen LogP contribution in [0, 0.1) is 11.8 Å². The topological polar surface area (TPSA) is 169 Å². The number of hydrogen-bond acceptors (Lipinski definition) is 10. The van der Waals surface area contributed by atoms with E-state index in [1.54, 1.807) is 24.3 Å². The first-order chi connectivity index (χ1) is 27.2. The van der Waals surface area contributed by atoms with Crippen LogP contribution in [0.2, 0.25) is 0 Å². The summed E-state index contributed by atoms with van der Waals surface area (Å²) in [6.07, 6.45) is 28.6. The highest BCUT2D eigenvalue weighted by Crippen LogP contribution is 2.43. The number of quaternary nitrogens is 1. The van der Waals surface area contributed by atoms with E-state index in [2.05, 4.69) is 38.2 Å². The molecule has 13 heteroatoms. The predicted molar refractivity (Wildman–Crippen MR) is 226 cm³/mol. The molecule has 1 fully saturated rings. The molecule has 0 radical (unpaired) electrons. The smallest absolute Gasteiger partial charge is 0.461 e. The zero-order valence-corrected chi connectivity index (χ0v) is 36.8.